The fourth-order valence-corrected chi connectivity index (χ4v) is 7.12. The summed E-state index contributed by atoms with van der Waals surface area (Å²) >= 11 is 0.654. The van der Waals surface area contributed by atoms with Gasteiger partial charge in [0.2, 0.25) is 15.9 Å². The highest BCUT2D eigenvalue weighted by Crippen LogP contribution is 2.39. The third kappa shape index (κ3) is 4.10. The zero-order valence-corrected chi connectivity index (χ0v) is 16.7. The number of likely N-dealkylation sites (N-methyl/N-ethyl adjacent to an activating group) is 1. The molecule has 0 radical (unpaired) electrons. The summed E-state index contributed by atoms with van der Waals surface area (Å²) in [5.74, 6) is -0.176. The third-order valence-corrected chi connectivity index (χ3v) is 9.26. The molecule has 0 saturated heterocycles. The van der Waals surface area contributed by atoms with Crippen molar-refractivity contribution in [1.29, 1.82) is 0 Å². The number of nitrogens with two attached hydrogens (primary N) is 1. The van der Waals surface area contributed by atoms with Crippen molar-refractivity contribution < 1.29 is 21.6 Å². The van der Waals surface area contributed by atoms with Crippen molar-refractivity contribution in [2.45, 2.75) is 46.7 Å². The number of fused-ring (bicyclic) bond motifs is 1. The van der Waals surface area contributed by atoms with Crippen molar-refractivity contribution in [3.8, 4) is 0 Å². The Hall–Kier alpha value is -1.05. The summed E-state index contributed by atoms with van der Waals surface area (Å²) in [7, 11) is -7.86. The van der Waals surface area contributed by atoms with Crippen LogP contribution in [0.2, 0.25) is 0 Å². The molecule has 1 aromatic rings. The van der Waals surface area contributed by atoms with Crippen molar-refractivity contribution in [3.63, 3.8) is 0 Å². The van der Waals surface area contributed by atoms with Crippen LogP contribution in [-0.2, 0) is 24.8 Å². The first-order valence-corrected chi connectivity index (χ1v) is 12.1. The number of thiophene rings is 1. The molecule has 12 heteroatoms. The normalized spacial score (nSPS) is 22.8. The van der Waals surface area contributed by atoms with Crippen LogP contribution in [0.4, 0.5) is 0 Å². The molecule has 0 spiro atoms. The third-order valence-electron chi connectivity index (χ3n) is 4.30. The second-order valence-corrected chi connectivity index (χ2v) is 11.4. The van der Waals surface area contributed by atoms with E-state index in [0.717, 1.165) is 12.8 Å². The fourth-order valence-electron chi connectivity index (χ4n) is 2.85. The van der Waals surface area contributed by atoms with Crippen LogP contribution >= 0.6 is 11.3 Å². The number of sulfonamides is 2. The van der Waals surface area contributed by atoms with Crippen LogP contribution < -0.4 is 15.8 Å². The van der Waals surface area contributed by atoms with Gasteiger partial charge in [-0.25, -0.2) is 22.0 Å². The summed E-state index contributed by atoms with van der Waals surface area (Å²) < 4.78 is 50.1. The van der Waals surface area contributed by atoms with Crippen LogP contribution in [0.15, 0.2) is 14.5 Å². The molecule has 1 aliphatic heterocycles. The lowest BCUT2D eigenvalue weighted by molar-refractivity contribution is -0.121. The largest absolute Gasteiger partial charge is 0.353 e. The Morgan fingerprint density at radius 1 is 1.42 bits per heavy atom. The Balaban J connectivity index is 1.86. The SMILES string of the molecule is CCN[C@H]1CN(CCC(=O)NC2CC2)S(=O)(=O)c2sc(S(N)(=O)=O)cc21. The molecule has 1 atom stereocenters. The van der Waals surface area contributed by atoms with E-state index in [2.05, 4.69) is 10.6 Å². The molecular weight excluding hydrogens is 400 g/mol. The zero-order valence-electron chi connectivity index (χ0n) is 14.3. The van der Waals surface area contributed by atoms with Gasteiger partial charge in [0.15, 0.2) is 0 Å². The molecule has 1 fully saturated rings. The predicted octanol–water partition coefficient (Wildman–Crippen LogP) is -0.281. The molecule has 3 rings (SSSR count). The quantitative estimate of drug-likeness (QED) is 0.552. The van der Waals surface area contributed by atoms with E-state index in [-0.39, 0.29) is 45.9 Å². The van der Waals surface area contributed by atoms with Crippen molar-refractivity contribution in [3.05, 3.63) is 11.6 Å². The van der Waals surface area contributed by atoms with E-state index in [4.69, 9.17) is 5.14 Å². The van der Waals surface area contributed by atoms with Gasteiger partial charge in [0, 0.05) is 37.2 Å². The highest BCUT2D eigenvalue weighted by Gasteiger charge is 2.40. The van der Waals surface area contributed by atoms with Crippen molar-refractivity contribution in [1.82, 2.24) is 14.9 Å². The van der Waals surface area contributed by atoms with Gasteiger partial charge < -0.3 is 10.6 Å². The molecule has 1 amide bonds. The van der Waals surface area contributed by atoms with E-state index in [0.29, 0.717) is 23.4 Å². The van der Waals surface area contributed by atoms with Gasteiger partial charge in [0.05, 0.1) is 0 Å². The number of nitrogens with one attached hydrogen (secondary N) is 2. The number of carbonyl (C=O) groups excluding carboxylic acids is 1. The van der Waals surface area contributed by atoms with Gasteiger partial charge in [-0.1, -0.05) is 6.92 Å². The first-order valence-electron chi connectivity index (χ1n) is 8.32. The van der Waals surface area contributed by atoms with Crippen molar-refractivity contribution in [2.24, 2.45) is 5.14 Å². The summed E-state index contributed by atoms with van der Waals surface area (Å²) in [4.78, 5) is 11.9. The van der Waals surface area contributed by atoms with E-state index in [1.807, 2.05) is 6.92 Å². The van der Waals surface area contributed by atoms with E-state index < -0.39 is 20.0 Å². The molecule has 4 N–H and O–H groups in total. The first-order chi connectivity index (χ1) is 12.1. The summed E-state index contributed by atoms with van der Waals surface area (Å²) in [5, 5.41) is 11.2. The summed E-state index contributed by atoms with van der Waals surface area (Å²) in [6.45, 7) is 2.65. The number of rotatable bonds is 7. The van der Waals surface area contributed by atoms with Crippen LogP contribution in [0.5, 0.6) is 0 Å². The minimum atomic E-state index is -3.99. The van der Waals surface area contributed by atoms with E-state index in [1.165, 1.54) is 10.4 Å². The summed E-state index contributed by atoms with van der Waals surface area (Å²) in [6.07, 6.45) is 1.99. The molecule has 2 heterocycles. The average Bonchev–Trinajstić information content (AvgIpc) is 3.20. The fraction of sp³-hybridized carbons (Fsp3) is 0.643. The Kier molecular flexibility index (Phi) is 5.43. The van der Waals surface area contributed by atoms with Gasteiger partial charge in [-0.15, -0.1) is 11.3 Å². The monoisotopic (exact) mass is 422 g/mol. The molecule has 1 aromatic heterocycles. The maximum atomic E-state index is 12.9. The van der Waals surface area contributed by atoms with Crippen LogP contribution in [0.1, 0.15) is 37.8 Å². The summed E-state index contributed by atoms with van der Waals surface area (Å²) in [5.41, 5.74) is 0.416. The number of primary sulfonamides is 1. The lowest BCUT2D eigenvalue weighted by Gasteiger charge is -2.32. The molecule has 26 heavy (non-hydrogen) atoms. The predicted molar refractivity (Wildman–Crippen MR) is 96.7 cm³/mol. The Bertz CT molecular complexity index is 905. The summed E-state index contributed by atoms with van der Waals surface area (Å²) in [6, 6.07) is 1.20. The first kappa shape index (κ1) is 19.7. The van der Waals surface area contributed by atoms with Crippen molar-refractivity contribution in [2.75, 3.05) is 19.6 Å². The van der Waals surface area contributed by atoms with Crippen LogP contribution in [-0.4, -0.2) is 52.7 Å². The maximum Gasteiger partial charge on any atom is 0.253 e. The number of nitrogens with zero attached hydrogens (tertiary/aromatic N) is 1. The lowest BCUT2D eigenvalue weighted by atomic mass is 10.1. The number of hydrogen-bond donors (Lipinski definition) is 3. The second-order valence-electron chi connectivity index (χ2n) is 6.42. The number of hydrogen-bond acceptors (Lipinski definition) is 7. The Morgan fingerprint density at radius 3 is 2.69 bits per heavy atom. The minimum Gasteiger partial charge on any atom is -0.353 e. The molecule has 2 aliphatic rings. The lowest BCUT2D eigenvalue weighted by Crippen LogP contribution is -2.44. The molecule has 1 saturated carbocycles. The highest BCUT2D eigenvalue weighted by atomic mass is 32.3. The molecule has 1 aliphatic carbocycles. The standard InChI is InChI=1S/C14H22N4O5S3/c1-2-16-11-8-18(6-5-12(19)17-9-3-4-9)26(22,23)14-10(11)7-13(24-14)25(15,20)21/h7,9,11,16H,2-6,8H2,1H3,(H,17,19)(H2,15,20,21)/t11-/m0/s1. The van der Waals surface area contributed by atoms with Crippen LogP contribution in [0, 0.1) is 0 Å². The van der Waals surface area contributed by atoms with Crippen molar-refractivity contribution >= 4 is 37.3 Å². The van der Waals surface area contributed by atoms with Gasteiger partial charge in [-0.2, -0.15) is 4.31 Å². The van der Waals surface area contributed by atoms with Crippen LogP contribution in [0.3, 0.4) is 0 Å². The molecule has 0 bridgehead atoms. The molecular formula is C14H22N4O5S3. The smallest absolute Gasteiger partial charge is 0.253 e. The van der Waals surface area contributed by atoms with Gasteiger partial charge in [-0.05, 0) is 25.5 Å². The van der Waals surface area contributed by atoms with Gasteiger partial charge >= 0.3 is 0 Å². The minimum absolute atomic E-state index is 0.0265. The Morgan fingerprint density at radius 2 is 2.12 bits per heavy atom. The maximum absolute atomic E-state index is 12.9. The second kappa shape index (κ2) is 7.17. The van der Waals surface area contributed by atoms with Crippen LogP contribution in [0.25, 0.3) is 0 Å². The number of carbonyl (C=O) groups is 1. The van der Waals surface area contributed by atoms with Gasteiger partial charge in [-0.3, -0.25) is 4.79 Å². The molecule has 0 unspecified atom stereocenters. The van der Waals surface area contributed by atoms with E-state index in [9.17, 15) is 21.6 Å². The van der Waals surface area contributed by atoms with Gasteiger partial charge in [0.25, 0.3) is 10.0 Å². The zero-order chi connectivity index (χ0) is 19.1. The Labute approximate surface area is 157 Å². The number of amides is 1. The van der Waals surface area contributed by atoms with E-state index in [1.54, 1.807) is 0 Å². The van der Waals surface area contributed by atoms with Gasteiger partial charge in [0.1, 0.15) is 8.42 Å². The van der Waals surface area contributed by atoms with E-state index >= 15 is 0 Å². The molecule has 146 valence electrons. The highest BCUT2D eigenvalue weighted by molar-refractivity contribution is 7.94. The molecule has 0 aromatic carbocycles. The molecule has 9 nitrogen and oxygen atoms in total. The average molecular weight is 423 g/mol. The topological polar surface area (TPSA) is 139 Å².